The van der Waals surface area contributed by atoms with Crippen LogP contribution in [0.4, 0.5) is 5.95 Å². The van der Waals surface area contributed by atoms with Gasteiger partial charge in [0.2, 0.25) is 11.8 Å². The van der Waals surface area contributed by atoms with Crippen LogP contribution in [0.5, 0.6) is 5.88 Å². The zero-order valence-electron chi connectivity index (χ0n) is 11.4. The van der Waals surface area contributed by atoms with Crippen molar-refractivity contribution in [3.05, 3.63) is 12.3 Å². The SMILES string of the molecule is CCCOc1ccnc(N2CC(C)NC(C)C2)n1. The molecule has 0 radical (unpaired) electrons. The zero-order valence-corrected chi connectivity index (χ0v) is 11.4. The highest BCUT2D eigenvalue weighted by atomic mass is 16.5. The number of nitrogens with zero attached hydrogens (tertiary/aromatic N) is 3. The molecule has 0 spiro atoms. The molecule has 0 aliphatic carbocycles. The predicted octanol–water partition coefficient (Wildman–Crippen LogP) is 1.45. The standard InChI is InChI=1S/C13H22N4O/c1-4-7-18-12-5-6-14-13(16-12)17-8-10(2)15-11(3)9-17/h5-6,10-11,15H,4,7-9H2,1-3H3. The first-order chi connectivity index (χ1) is 8.69. The maximum atomic E-state index is 5.55. The van der Waals surface area contributed by atoms with E-state index in [2.05, 4.69) is 41.0 Å². The smallest absolute Gasteiger partial charge is 0.228 e. The Hall–Kier alpha value is -1.36. The van der Waals surface area contributed by atoms with Gasteiger partial charge in [0.05, 0.1) is 6.61 Å². The van der Waals surface area contributed by atoms with Gasteiger partial charge in [-0.15, -0.1) is 0 Å². The monoisotopic (exact) mass is 250 g/mol. The van der Waals surface area contributed by atoms with Gasteiger partial charge in [-0.25, -0.2) is 4.98 Å². The fraction of sp³-hybridized carbons (Fsp3) is 0.692. The number of ether oxygens (including phenoxy) is 1. The second-order valence-corrected chi connectivity index (χ2v) is 4.92. The summed E-state index contributed by atoms with van der Waals surface area (Å²) in [5, 5.41) is 3.50. The van der Waals surface area contributed by atoms with Gasteiger partial charge in [0.15, 0.2) is 0 Å². The van der Waals surface area contributed by atoms with Gasteiger partial charge in [-0.1, -0.05) is 6.92 Å². The normalized spacial score (nSPS) is 24.1. The van der Waals surface area contributed by atoms with Crippen LogP contribution in [0.1, 0.15) is 27.2 Å². The number of rotatable bonds is 4. The summed E-state index contributed by atoms with van der Waals surface area (Å²) in [6, 6.07) is 2.73. The molecular formula is C13H22N4O. The van der Waals surface area contributed by atoms with E-state index in [9.17, 15) is 0 Å². The van der Waals surface area contributed by atoms with Crippen LogP contribution in [-0.4, -0.2) is 41.7 Å². The number of hydrogen-bond donors (Lipinski definition) is 1. The van der Waals surface area contributed by atoms with Crippen molar-refractivity contribution in [2.24, 2.45) is 0 Å². The lowest BCUT2D eigenvalue weighted by Crippen LogP contribution is -2.54. The summed E-state index contributed by atoms with van der Waals surface area (Å²) in [4.78, 5) is 11.0. The van der Waals surface area contributed by atoms with Crippen molar-refractivity contribution in [3.63, 3.8) is 0 Å². The molecule has 18 heavy (non-hydrogen) atoms. The van der Waals surface area contributed by atoms with Crippen LogP contribution in [0.15, 0.2) is 12.3 Å². The highest BCUT2D eigenvalue weighted by Crippen LogP contribution is 2.15. The summed E-state index contributed by atoms with van der Waals surface area (Å²) >= 11 is 0. The lowest BCUT2D eigenvalue weighted by molar-refractivity contribution is 0.304. The summed E-state index contributed by atoms with van der Waals surface area (Å²) < 4.78 is 5.55. The second-order valence-electron chi connectivity index (χ2n) is 4.92. The number of nitrogens with one attached hydrogen (secondary N) is 1. The van der Waals surface area contributed by atoms with Gasteiger partial charge in [0, 0.05) is 37.4 Å². The van der Waals surface area contributed by atoms with E-state index in [-0.39, 0.29) is 0 Å². The molecule has 0 aromatic carbocycles. The summed E-state index contributed by atoms with van der Waals surface area (Å²) in [7, 11) is 0. The van der Waals surface area contributed by atoms with E-state index in [1.165, 1.54) is 0 Å². The largest absolute Gasteiger partial charge is 0.478 e. The Kier molecular flexibility index (Phi) is 4.36. The first-order valence-corrected chi connectivity index (χ1v) is 6.66. The Morgan fingerprint density at radius 2 is 2.11 bits per heavy atom. The van der Waals surface area contributed by atoms with E-state index in [1.807, 2.05) is 6.07 Å². The third-order valence-corrected chi connectivity index (χ3v) is 2.91. The fourth-order valence-corrected chi connectivity index (χ4v) is 2.26. The van der Waals surface area contributed by atoms with Gasteiger partial charge in [0.1, 0.15) is 0 Å². The second kappa shape index (κ2) is 6.00. The number of piperazine rings is 1. The molecule has 100 valence electrons. The minimum atomic E-state index is 0.456. The average molecular weight is 250 g/mol. The molecule has 2 atom stereocenters. The highest BCUT2D eigenvalue weighted by molar-refractivity contribution is 5.33. The molecule has 2 heterocycles. The van der Waals surface area contributed by atoms with Crippen LogP contribution >= 0.6 is 0 Å². The molecule has 5 nitrogen and oxygen atoms in total. The van der Waals surface area contributed by atoms with Crippen LogP contribution in [0.2, 0.25) is 0 Å². The Morgan fingerprint density at radius 1 is 1.39 bits per heavy atom. The molecule has 1 saturated heterocycles. The third kappa shape index (κ3) is 3.32. The molecule has 1 aliphatic rings. The molecule has 1 aliphatic heterocycles. The average Bonchev–Trinajstić information content (AvgIpc) is 2.35. The van der Waals surface area contributed by atoms with Gasteiger partial charge in [0.25, 0.3) is 0 Å². The van der Waals surface area contributed by atoms with Gasteiger partial charge >= 0.3 is 0 Å². The van der Waals surface area contributed by atoms with Crippen LogP contribution in [0, 0.1) is 0 Å². The maximum absolute atomic E-state index is 5.55. The first kappa shape index (κ1) is 13.1. The summed E-state index contributed by atoms with van der Waals surface area (Å²) in [5.41, 5.74) is 0. The lowest BCUT2D eigenvalue weighted by Gasteiger charge is -2.36. The molecule has 1 aromatic rings. The van der Waals surface area contributed by atoms with Crippen molar-refractivity contribution >= 4 is 5.95 Å². The van der Waals surface area contributed by atoms with Crippen LogP contribution in [-0.2, 0) is 0 Å². The molecule has 1 aromatic heterocycles. The van der Waals surface area contributed by atoms with Gasteiger partial charge in [-0.3, -0.25) is 0 Å². The van der Waals surface area contributed by atoms with Crippen molar-refractivity contribution in [3.8, 4) is 5.88 Å². The Balaban J connectivity index is 2.07. The molecule has 5 heteroatoms. The van der Waals surface area contributed by atoms with Crippen molar-refractivity contribution in [1.29, 1.82) is 0 Å². The molecule has 0 bridgehead atoms. The topological polar surface area (TPSA) is 50.3 Å². The van der Waals surface area contributed by atoms with Gasteiger partial charge in [-0.05, 0) is 20.3 Å². The molecule has 1 N–H and O–H groups in total. The van der Waals surface area contributed by atoms with E-state index < -0.39 is 0 Å². The number of hydrogen-bond acceptors (Lipinski definition) is 5. The first-order valence-electron chi connectivity index (χ1n) is 6.66. The number of anilines is 1. The van der Waals surface area contributed by atoms with Crippen molar-refractivity contribution in [1.82, 2.24) is 15.3 Å². The summed E-state index contributed by atoms with van der Waals surface area (Å²) in [6.45, 7) is 9.01. The maximum Gasteiger partial charge on any atom is 0.228 e. The van der Waals surface area contributed by atoms with Crippen LogP contribution in [0.25, 0.3) is 0 Å². The Labute approximate surface area is 109 Å². The minimum Gasteiger partial charge on any atom is -0.478 e. The Morgan fingerprint density at radius 3 is 2.78 bits per heavy atom. The molecule has 1 fully saturated rings. The summed E-state index contributed by atoms with van der Waals surface area (Å²) in [6.07, 6.45) is 2.76. The van der Waals surface area contributed by atoms with Crippen molar-refractivity contribution in [2.45, 2.75) is 39.3 Å². The van der Waals surface area contributed by atoms with E-state index in [0.717, 1.165) is 25.5 Å². The zero-order chi connectivity index (χ0) is 13.0. The lowest BCUT2D eigenvalue weighted by atomic mass is 10.1. The van der Waals surface area contributed by atoms with E-state index in [1.54, 1.807) is 6.20 Å². The van der Waals surface area contributed by atoms with E-state index in [4.69, 9.17) is 4.74 Å². The van der Waals surface area contributed by atoms with Crippen LogP contribution in [0.3, 0.4) is 0 Å². The van der Waals surface area contributed by atoms with E-state index in [0.29, 0.717) is 24.6 Å². The minimum absolute atomic E-state index is 0.456. The Bertz CT molecular complexity index is 375. The predicted molar refractivity (Wildman–Crippen MR) is 72.1 cm³/mol. The van der Waals surface area contributed by atoms with E-state index >= 15 is 0 Å². The van der Waals surface area contributed by atoms with Crippen molar-refractivity contribution < 1.29 is 4.74 Å². The molecule has 2 rings (SSSR count). The highest BCUT2D eigenvalue weighted by Gasteiger charge is 2.22. The molecule has 0 saturated carbocycles. The molecule has 0 amide bonds. The summed E-state index contributed by atoms with van der Waals surface area (Å²) in [5.74, 6) is 1.43. The quantitative estimate of drug-likeness (QED) is 0.876. The number of aromatic nitrogens is 2. The molecular weight excluding hydrogens is 228 g/mol. The van der Waals surface area contributed by atoms with Gasteiger partial charge < -0.3 is 15.0 Å². The fourth-order valence-electron chi connectivity index (χ4n) is 2.26. The van der Waals surface area contributed by atoms with Gasteiger partial charge in [-0.2, -0.15) is 4.98 Å². The van der Waals surface area contributed by atoms with Crippen molar-refractivity contribution in [2.75, 3.05) is 24.6 Å². The van der Waals surface area contributed by atoms with Crippen LogP contribution < -0.4 is 15.0 Å². The third-order valence-electron chi connectivity index (χ3n) is 2.91. The molecule has 2 unspecified atom stereocenters.